The second-order valence-electron chi connectivity index (χ2n) is 4.81. The van der Waals surface area contributed by atoms with E-state index in [1.165, 1.54) is 5.70 Å². The maximum absolute atomic E-state index is 5.20. The van der Waals surface area contributed by atoms with Crippen LogP contribution in [-0.2, 0) is 4.74 Å². The van der Waals surface area contributed by atoms with E-state index >= 15 is 0 Å². The summed E-state index contributed by atoms with van der Waals surface area (Å²) in [5.41, 5.74) is 1.29. The zero-order valence-electron chi connectivity index (χ0n) is 10.5. The van der Waals surface area contributed by atoms with Crippen molar-refractivity contribution in [2.75, 3.05) is 7.11 Å². The molecular weight excluding hydrogens is 226 g/mol. The van der Waals surface area contributed by atoms with Crippen molar-refractivity contribution in [1.82, 2.24) is 16.0 Å². The topological polar surface area (TPSA) is 45.3 Å². The van der Waals surface area contributed by atoms with Crippen molar-refractivity contribution in [1.29, 1.82) is 0 Å². The van der Waals surface area contributed by atoms with Crippen LogP contribution in [0.15, 0.2) is 48.2 Å². The van der Waals surface area contributed by atoms with Crippen LogP contribution in [0.25, 0.3) is 0 Å². The van der Waals surface area contributed by atoms with Crippen molar-refractivity contribution in [2.24, 2.45) is 5.92 Å². The lowest BCUT2D eigenvalue weighted by molar-refractivity contribution is 0.302. The Kier molecular flexibility index (Phi) is 3.00. The largest absolute Gasteiger partial charge is 0.497 e. The molecule has 0 radical (unpaired) electrons. The monoisotopic (exact) mass is 245 g/mol. The SMILES string of the molecule is COC1=CCC(NC2=CNC3NC=CCC23)C=C1. The first-order valence-electron chi connectivity index (χ1n) is 6.43. The molecule has 4 nitrogen and oxygen atoms in total. The Bertz CT molecular complexity index is 436. The van der Waals surface area contributed by atoms with Crippen molar-refractivity contribution in [3.8, 4) is 0 Å². The average Bonchev–Trinajstić information content (AvgIpc) is 2.83. The van der Waals surface area contributed by atoms with Crippen LogP contribution in [-0.4, -0.2) is 19.3 Å². The van der Waals surface area contributed by atoms with E-state index in [0.29, 0.717) is 18.1 Å². The fourth-order valence-corrected chi connectivity index (χ4v) is 2.62. The van der Waals surface area contributed by atoms with Crippen LogP contribution in [0.2, 0.25) is 0 Å². The summed E-state index contributed by atoms with van der Waals surface area (Å²) in [5.74, 6) is 1.46. The minimum Gasteiger partial charge on any atom is -0.497 e. The second-order valence-corrected chi connectivity index (χ2v) is 4.81. The number of ether oxygens (including phenoxy) is 1. The molecule has 3 rings (SSSR count). The van der Waals surface area contributed by atoms with Crippen LogP contribution in [0, 0.1) is 5.92 Å². The van der Waals surface area contributed by atoms with Crippen molar-refractivity contribution < 1.29 is 4.74 Å². The molecule has 2 aliphatic heterocycles. The highest BCUT2D eigenvalue weighted by Crippen LogP contribution is 2.25. The van der Waals surface area contributed by atoms with Gasteiger partial charge in [0.25, 0.3) is 0 Å². The van der Waals surface area contributed by atoms with Gasteiger partial charge in [-0.3, -0.25) is 0 Å². The van der Waals surface area contributed by atoms with Gasteiger partial charge >= 0.3 is 0 Å². The molecule has 3 unspecified atom stereocenters. The van der Waals surface area contributed by atoms with Gasteiger partial charge in [-0.05, 0) is 31.2 Å². The molecule has 96 valence electrons. The zero-order valence-corrected chi connectivity index (χ0v) is 10.5. The fourth-order valence-electron chi connectivity index (χ4n) is 2.62. The highest BCUT2D eigenvalue weighted by molar-refractivity contribution is 5.24. The molecule has 1 aliphatic carbocycles. The fraction of sp³-hybridized carbons (Fsp3) is 0.429. The van der Waals surface area contributed by atoms with Crippen LogP contribution in [0.1, 0.15) is 12.8 Å². The molecule has 0 saturated carbocycles. The first-order valence-corrected chi connectivity index (χ1v) is 6.43. The summed E-state index contributed by atoms with van der Waals surface area (Å²) < 4.78 is 5.20. The number of allylic oxidation sites excluding steroid dienone is 2. The predicted octanol–water partition coefficient (Wildman–Crippen LogP) is 1.33. The number of methoxy groups -OCH3 is 1. The molecule has 0 aromatic carbocycles. The van der Waals surface area contributed by atoms with Crippen molar-refractivity contribution in [3.63, 3.8) is 0 Å². The van der Waals surface area contributed by atoms with E-state index in [1.54, 1.807) is 7.11 Å². The van der Waals surface area contributed by atoms with Gasteiger partial charge in [0, 0.05) is 23.9 Å². The highest BCUT2D eigenvalue weighted by atomic mass is 16.5. The summed E-state index contributed by atoms with van der Waals surface area (Å²) in [7, 11) is 1.71. The molecule has 0 aromatic heterocycles. The number of fused-ring (bicyclic) bond motifs is 1. The van der Waals surface area contributed by atoms with E-state index in [1.807, 2.05) is 12.3 Å². The van der Waals surface area contributed by atoms with Gasteiger partial charge in [-0.2, -0.15) is 0 Å². The normalized spacial score (nSPS) is 32.8. The maximum Gasteiger partial charge on any atom is 0.114 e. The van der Waals surface area contributed by atoms with Crippen molar-refractivity contribution in [3.05, 3.63) is 48.2 Å². The third kappa shape index (κ3) is 2.10. The highest BCUT2D eigenvalue weighted by Gasteiger charge is 2.30. The van der Waals surface area contributed by atoms with Crippen LogP contribution in [0.4, 0.5) is 0 Å². The van der Waals surface area contributed by atoms with E-state index in [0.717, 1.165) is 18.6 Å². The number of rotatable bonds is 3. The third-order valence-electron chi connectivity index (χ3n) is 3.66. The van der Waals surface area contributed by atoms with Gasteiger partial charge in [-0.1, -0.05) is 12.2 Å². The van der Waals surface area contributed by atoms with E-state index < -0.39 is 0 Å². The van der Waals surface area contributed by atoms with Gasteiger partial charge in [0.1, 0.15) is 11.9 Å². The van der Waals surface area contributed by atoms with Crippen molar-refractivity contribution >= 4 is 0 Å². The Morgan fingerprint density at radius 1 is 1.33 bits per heavy atom. The Hall–Kier alpha value is -1.84. The molecule has 0 spiro atoms. The lowest BCUT2D eigenvalue weighted by Crippen LogP contribution is -2.42. The summed E-state index contributed by atoms with van der Waals surface area (Å²) in [4.78, 5) is 0. The standard InChI is InChI=1S/C14H19N3O/c1-18-11-6-4-10(5-7-11)17-13-9-16-14-12(13)3-2-8-15-14/h2,4,6-10,12,14-17H,3,5H2,1H3. The summed E-state index contributed by atoms with van der Waals surface area (Å²) in [6.45, 7) is 0. The molecule has 0 bridgehead atoms. The summed E-state index contributed by atoms with van der Waals surface area (Å²) in [6, 6.07) is 0.363. The molecule has 0 saturated heterocycles. The molecular formula is C14H19N3O. The number of hydrogen-bond acceptors (Lipinski definition) is 4. The minimum absolute atomic E-state index is 0.343. The Labute approximate surface area is 107 Å². The van der Waals surface area contributed by atoms with Crippen LogP contribution in [0.5, 0.6) is 0 Å². The Balaban J connectivity index is 1.60. The lowest BCUT2D eigenvalue weighted by Gasteiger charge is -2.27. The summed E-state index contributed by atoms with van der Waals surface area (Å²) >= 11 is 0. The maximum atomic E-state index is 5.20. The number of hydrogen-bond donors (Lipinski definition) is 3. The quantitative estimate of drug-likeness (QED) is 0.702. The molecule has 0 aromatic rings. The first-order chi connectivity index (χ1) is 8.86. The van der Waals surface area contributed by atoms with Gasteiger partial charge in [0.2, 0.25) is 0 Å². The predicted molar refractivity (Wildman–Crippen MR) is 71.2 cm³/mol. The van der Waals surface area contributed by atoms with Gasteiger partial charge in [-0.25, -0.2) is 0 Å². The van der Waals surface area contributed by atoms with Crippen LogP contribution in [0.3, 0.4) is 0 Å². The molecule has 18 heavy (non-hydrogen) atoms. The van der Waals surface area contributed by atoms with E-state index in [9.17, 15) is 0 Å². The second kappa shape index (κ2) is 4.80. The average molecular weight is 245 g/mol. The minimum atomic E-state index is 0.343. The molecule has 3 atom stereocenters. The first kappa shape index (κ1) is 11.3. The Morgan fingerprint density at radius 2 is 2.28 bits per heavy atom. The zero-order chi connectivity index (χ0) is 12.4. The summed E-state index contributed by atoms with van der Waals surface area (Å²) in [6.07, 6.45) is 15.0. The van der Waals surface area contributed by atoms with Crippen molar-refractivity contribution in [2.45, 2.75) is 25.0 Å². The molecule has 0 fully saturated rings. The summed E-state index contributed by atoms with van der Waals surface area (Å²) in [5, 5.41) is 10.3. The van der Waals surface area contributed by atoms with Gasteiger partial charge in [0.15, 0.2) is 0 Å². The van der Waals surface area contributed by atoms with E-state index in [-0.39, 0.29) is 0 Å². The molecule has 2 heterocycles. The number of nitrogens with one attached hydrogen (secondary N) is 3. The van der Waals surface area contributed by atoms with Gasteiger partial charge in [0.05, 0.1) is 7.11 Å². The lowest BCUT2D eigenvalue weighted by atomic mass is 9.97. The van der Waals surface area contributed by atoms with E-state index in [4.69, 9.17) is 4.74 Å². The molecule has 3 N–H and O–H groups in total. The molecule has 0 amide bonds. The Morgan fingerprint density at radius 3 is 3.06 bits per heavy atom. The third-order valence-corrected chi connectivity index (χ3v) is 3.66. The van der Waals surface area contributed by atoms with Crippen LogP contribution >= 0.6 is 0 Å². The smallest absolute Gasteiger partial charge is 0.114 e. The molecule has 4 heteroatoms. The van der Waals surface area contributed by atoms with Gasteiger partial charge in [-0.15, -0.1) is 0 Å². The van der Waals surface area contributed by atoms with Crippen LogP contribution < -0.4 is 16.0 Å². The van der Waals surface area contributed by atoms with E-state index in [2.05, 4.69) is 40.4 Å². The molecule has 3 aliphatic rings. The van der Waals surface area contributed by atoms with Gasteiger partial charge < -0.3 is 20.7 Å².